The molecule has 28 heavy (non-hydrogen) atoms. The van der Waals surface area contributed by atoms with E-state index in [2.05, 4.69) is 4.98 Å². The summed E-state index contributed by atoms with van der Waals surface area (Å²) in [5, 5.41) is 0.328. The first kappa shape index (κ1) is 18.3. The zero-order chi connectivity index (χ0) is 19.7. The van der Waals surface area contributed by atoms with Crippen LogP contribution in [0.4, 0.5) is 13.9 Å². The number of rotatable bonds is 4. The second kappa shape index (κ2) is 7.48. The predicted octanol–water partition coefficient (Wildman–Crippen LogP) is 5.73. The Balaban J connectivity index is 1.79. The minimum Gasteiger partial charge on any atom is -0.279 e. The molecule has 6 heteroatoms. The molecule has 3 nitrogen and oxygen atoms in total. The van der Waals surface area contributed by atoms with Gasteiger partial charge in [0.1, 0.15) is 11.3 Å². The van der Waals surface area contributed by atoms with E-state index in [0.717, 1.165) is 28.5 Å². The summed E-state index contributed by atoms with van der Waals surface area (Å²) < 4.78 is 28.1. The van der Waals surface area contributed by atoms with Crippen molar-refractivity contribution >= 4 is 32.6 Å². The van der Waals surface area contributed by atoms with Gasteiger partial charge in [-0.3, -0.25) is 9.69 Å². The number of thiazole rings is 1. The molecule has 0 saturated heterocycles. The van der Waals surface area contributed by atoms with Crippen molar-refractivity contribution in [2.45, 2.75) is 13.5 Å². The summed E-state index contributed by atoms with van der Waals surface area (Å²) in [4.78, 5) is 19.0. The maximum Gasteiger partial charge on any atom is 0.260 e. The average molecular weight is 394 g/mol. The van der Waals surface area contributed by atoms with Gasteiger partial charge in [-0.1, -0.05) is 59.4 Å². The monoisotopic (exact) mass is 394 g/mol. The highest BCUT2D eigenvalue weighted by Gasteiger charge is 2.23. The molecule has 1 heterocycles. The van der Waals surface area contributed by atoms with Crippen molar-refractivity contribution in [2.24, 2.45) is 0 Å². The fourth-order valence-electron chi connectivity index (χ4n) is 2.91. The number of carbonyl (C=O) groups is 1. The number of hydrogen-bond acceptors (Lipinski definition) is 3. The smallest absolute Gasteiger partial charge is 0.260 e. The van der Waals surface area contributed by atoms with Crippen molar-refractivity contribution in [3.63, 3.8) is 0 Å². The molecule has 4 aromatic rings. The van der Waals surface area contributed by atoms with Gasteiger partial charge in [0.25, 0.3) is 5.91 Å². The first-order chi connectivity index (χ1) is 13.5. The lowest BCUT2D eigenvalue weighted by molar-refractivity contribution is 0.0985. The van der Waals surface area contributed by atoms with Gasteiger partial charge in [-0.05, 0) is 30.7 Å². The normalized spacial score (nSPS) is 11.0. The van der Waals surface area contributed by atoms with Crippen molar-refractivity contribution in [1.29, 1.82) is 0 Å². The van der Waals surface area contributed by atoms with E-state index in [1.807, 2.05) is 49.4 Å². The predicted molar refractivity (Wildman–Crippen MR) is 108 cm³/mol. The van der Waals surface area contributed by atoms with Gasteiger partial charge in [0.15, 0.2) is 10.9 Å². The molecular weight excluding hydrogens is 378 g/mol. The van der Waals surface area contributed by atoms with E-state index in [0.29, 0.717) is 15.4 Å². The molecule has 0 radical (unpaired) electrons. The number of benzene rings is 3. The topological polar surface area (TPSA) is 33.2 Å². The number of hydrogen-bond donors (Lipinski definition) is 0. The van der Waals surface area contributed by atoms with Gasteiger partial charge in [-0.25, -0.2) is 13.8 Å². The Morgan fingerprint density at radius 1 is 1.04 bits per heavy atom. The summed E-state index contributed by atoms with van der Waals surface area (Å²) in [5.41, 5.74) is 2.53. The van der Waals surface area contributed by atoms with Gasteiger partial charge in [0.05, 0.1) is 11.2 Å². The number of aromatic nitrogens is 1. The zero-order valence-electron chi connectivity index (χ0n) is 15.0. The first-order valence-corrected chi connectivity index (χ1v) is 9.51. The third-order valence-electron chi connectivity index (χ3n) is 4.36. The standard InChI is InChI=1S/C22H16F2N2OS/c1-14-7-9-16(10-8-14)21(27)26(13-15-5-3-2-4-6-15)22-25-20-18(24)11-17(23)12-19(20)28-22/h2-12H,13H2,1H3. The molecule has 0 aliphatic carbocycles. The molecule has 0 aliphatic heterocycles. The number of carbonyl (C=O) groups excluding carboxylic acids is 1. The van der Waals surface area contributed by atoms with Gasteiger partial charge >= 0.3 is 0 Å². The van der Waals surface area contributed by atoms with E-state index in [1.165, 1.54) is 11.0 Å². The van der Waals surface area contributed by atoms with Crippen LogP contribution in [0.25, 0.3) is 10.2 Å². The van der Waals surface area contributed by atoms with E-state index >= 15 is 0 Å². The summed E-state index contributed by atoms with van der Waals surface area (Å²) in [6.07, 6.45) is 0. The quantitative estimate of drug-likeness (QED) is 0.443. The maximum atomic E-state index is 14.1. The SMILES string of the molecule is Cc1ccc(C(=O)N(Cc2ccccc2)c2nc3c(F)cc(F)cc3s2)cc1. The molecule has 1 amide bonds. The lowest BCUT2D eigenvalue weighted by Gasteiger charge is -2.20. The molecule has 140 valence electrons. The Hall–Kier alpha value is -3.12. The number of amides is 1. The van der Waals surface area contributed by atoms with Crippen LogP contribution < -0.4 is 4.90 Å². The van der Waals surface area contributed by atoms with Crippen LogP contribution in [0.1, 0.15) is 21.5 Å². The molecular formula is C22H16F2N2OS. The van der Waals surface area contributed by atoms with Crippen LogP contribution in [0.3, 0.4) is 0 Å². The van der Waals surface area contributed by atoms with Gasteiger partial charge in [-0.2, -0.15) is 0 Å². The average Bonchev–Trinajstić information content (AvgIpc) is 3.11. The number of nitrogens with zero attached hydrogens (tertiary/aromatic N) is 2. The summed E-state index contributed by atoms with van der Waals surface area (Å²) >= 11 is 1.09. The summed E-state index contributed by atoms with van der Waals surface area (Å²) in [5.74, 6) is -1.65. The van der Waals surface area contributed by atoms with E-state index in [4.69, 9.17) is 0 Å². The zero-order valence-corrected chi connectivity index (χ0v) is 15.8. The minimum atomic E-state index is -0.736. The van der Waals surface area contributed by atoms with Crippen LogP contribution in [0.5, 0.6) is 0 Å². The minimum absolute atomic E-state index is 0.0659. The highest BCUT2D eigenvalue weighted by Crippen LogP contribution is 2.32. The van der Waals surface area contributed by atoms with Crippen molar-refractivity contribution in [1.82, 2.24) is 4.98 Å². The molecule has 0 unspecified atom stereocenters. The van der Waals surface area contributed by atoms with E-state index in [1.54, 1.807) is 12.1 Å². The number of anilines is 1. The van der Waals surface area contributed by atoms with Gasteiger partial charge in [0.2, 0.25) is 0 Å². The second-order valence-corrected chi connectivity index (χ2v) is 7.48. The molecule has 3 aromatic carbocycles. The molecule has 0 atom stereocenters. The van der Waals surface area contributed by atoms with E-state index < -0.39 is 11.6 Å². The Morgan fingerprint density at radius 3 is 2.46 bits per heavy atom. The van der Waals surface area contributed by atoms with Crippen LogP contribution in [0, 0.1) is 18.6 Å². The molecule has 0 spiro atoms. The van der Waals surface area contributed by atoms with Gasteiger partial charge in [0, 0.05) is 11.6 Å². The lowest BCUT2D eigenvalue weighted by atomic mass is 10.1. The molecule has 0 aliphatic rings. The van der Waals surface area contributed by atoms with Crippen molar-refractivity contribution in [2.75, 3.05) is 4.90 Å². The molecule has 0 saturated carbocycles. The Morgan fingerprint density at radius 2 is 1.75 bits per heavy atom. The van der Waals surface area contributed by atoms with E-state index in [-0.39, 0.29) is 18.0 Å². The molecule has 0 N–H and O–H groups in total. The third kappa shape index (κ3) is 3.64. The van der Waals surface area contributed by atoms with Crippen LogP contribution in [-0.2, 0) is 6.54 Å². The van der Waals surface area contributed by atoms with Gasteiger partial charge < -0.3 is 0 Å². The van der Waals surface area contributed by atoms with Crippen LogP contribution >= 0.6 is 11.3 Å². The summed E-state index contributed by atoms with van der Waals surface area (Å²) in [6.45, 7) is 2.22. The van der Waals surface area contributed by atoms with E-state index in [9.17, 15) is 13.6 Å². The fourth-order valence-corrected chi connectivity index (χ4v) is 3.91. The second-order valence-electron chi connectivity index (χ2n) is 6.47. The van der Waals surface area contributed by atoms with Crippen LogP contribution in [-0.4, -0.2) is 10.9 Å². The van der Waals surface area contributed by atoms with Crippen molar-refractivity contribution in [3.05, 3.63) is 95.1 Å². The molecule has 0 fully saturated rings. The third-order valence-corrected chi connectivity index (χ3v) is 5.39. The number of halogens is 2. The highest BCUT2D eigenvalue weighted by molar-refractivity contribution is 7.22. The van der Waals surface area contributed by atoms with Crippen LogP contribution in [0.15, 0.2) is 66.7 Å². The Kier molecular flexibility index (Phi) is 4.88. The highest BCUT2D eigenvalue weighted by atomic mass is 32.1. The maximum absolute atomic E-state index is 14.1. The molecule has 4 rings (SSSR count). The summed E-state index contributed by atoms with van der Waals surface area (Å²) in [6, 6.07) is 18.7. The van der Waals surface area contributed by atoms with Gasteiger partial charge in [-0.15, -0.1) is 0 Å². The molecule has 0 bridgehead atoms. The largest absolute Gasteiger partial charge is 0.279 e. The van der Waals surface area contributed by atoms with Crippen LogP contribution in [0.2, 0.25) is 0 Å². The van der Waals surface area contributed by atoms with Crippen molar-refractivity contribution < 1.29 is 13.6 Å². The number of fused-ring (bicyclic) bond motifs is 1. The summed E-state index contributed by atoms with van der Waals surface area (Å²) in [7, 11) is 0. The Labute approximate surface area is 164 Å². The molecule has 1 aromatic heterocycles. The first-order valence-electron chi connectivity index (χ1n) is 8.69. The number of aryl methyl sites for hydroxylation is 1. The lowest BCUT2D eigenvalue weighted by Crippen LogP contribution is -2.30. The fraction of sp³-hybridized carbons (Fsp3) is 0.0909. The Bertz CT molecular complexity index is 1140. The van der Waals surface area contributed by atoms with Crippen molar-refractivity contribution in [3.8, 4) is 0 Å².